The van der Waals surface area contributed by atoms with Crippen molar-refractivity contribution in [2.75, 3.05) is 13.1 Å². The highest BCUT2D eigenvalue weighted by Gasteiger charge is 2.21. The third kappa shape index (κ3) is 4.03. The van der Waals surface area contributed by atoms with Gasteiger partial charge in [-0.1, -0.05) is 13.8 Å². The fourth-order valence-electron chi connectivity index (χ4n) is 1.38. The zero-order valence-electron chi connectivity index (χ0n) is 8.54. The molecular formula is C9H18N2O2. The first kappa shape index (κ1) is 12.1. The Morgan fingerprint density at radius 1 is 1.31 bits per heavy atom. The topological polar surface area (TPSA) is 63.4 Å². The molecule has 4 nitrogen and oxygen atoms in total. The zero-order valence-corrected chi connectivity index (χ0v) is 8.54. The second kappa shape index (κ2) is 5.70. The molecule has 0 aliphatic carbocycles. The first-order valence-corrected chi connectivity index (χ1v) is 4.55. The molecule has 1 amide bonds. The van der Waals surface area contributed by atoms with Gasteiger partial charge in [0.05, 0.1) is 6.04 Å². The van der Waals surface area contributed by atoms with E-state index in [1.165, 1.54) is 6.92 Å². The quantitative estimate of drug-likeness (QED) is 0.642. The summed E-state index contributed by atoms with van der Waals surface area (Å²) in [5.41, 5.74) is 5.06. The van der Waals surface area contributed by atoms with Gasteiger partial charge < -0.3 is 5.73 Å². The van der Waals surface area contributed by atoms with Gasteiger partial charge in [-0.25, -0.2) is 0 Å². The Hall–Kier alpha value is -0.900. The van der Waals surface area contributed by atoms with Crippen molar-refractivity contribution >= 4 is 11.7 Å². The molecule has 0 aromatic carbocycles. The van der Waals surface area contributed by atoms with Crippen molar-refractivity contribution in [1.82, 2.24) is 4.90 Å². The molecule has 0 aliphatic rings. The molecule has 0 saturated carbocycles. The highest BCUT2D eigenvalue weighted by Crippen LogP contribution is 2.04. The third-order valence-electron chi connectivity index (χ3n) is 2.12. The van der Waals surface area contributed by atoms with Crippen LogP contribution in [0, 0.1) is 0 Å². The summed E-state index contributed by atoms with van der Waals surface area (Å²) in [5.74, 6) is -0.422. The fraction of sp³-hybridized carbons (Fsp3) is 0.778. The predicted molar refractivity (Wildman–Crippen MR) is 51.2 cm³/mol. The van der Waals surface area contributed by atoms with Crippen molar-refractivity contribution in [3.63, 3.8) is 0 Å². The van der Waals surface area contributed by atoms with Crippen LogP contribution in [0.4, 0.5) is 0 Å². The molecule has 76 valence electrons. The van der Waals surface area contributed by atoms with Crippen molar-refractivity contribution in [3.8, 4) is 0 Å². The van der Waals surface area contributed by atoms with Gasteiger partial charge in [-0.05, 0) is 20.0 Å². The molecule has 13 heavy (non-hydrogen) atoms. The van der Waals surface area contributed by atoms with E-state index in [0.717, 1.165) is 13.1 Å². The van der Waals surface area contributed by atoms with Crippen molar-refractivity contribution in [2.45, 2.75) is 33.2 Å². The lowest BCUT2D eigenvalue weighted by Gasteiger charge is -2.26. The van der Waals surface area contributed by atoms with Crippen LogP contribution in [0.15, 0.2) is 0 Å². The minimum absolute atomic E-state index is 0.00231. The molecule has 0 radical (unpaired) electrons. The molecular weight excluding hydrogens is 168 g/mol. The molecule has 0 unspecified atom stereocenters. The number of likely N-dealkylation sites (N-methyl/N-ethyl adjacent to an activating group) is 1. The summed E-state index contributed by atoms with van der Waals surface area (Å²) in [6.45, 7) is 6.93. The van der Waals surface area contributed by atoms with Gasteiger partial charge in [-0.15, -0.1) is 0 Å². The second-order valence-electron chi connectivity index (χ2n) is 3.02. The zero-order chi connectivity index (χ0) is 10.4. The van der Waals surface area contributed by atoms with E-state index in [1.54, 1.807) is 0 Å². The van der Waals surface area contributed by atoms with E-state index < -0.39 is 5.91 Å². The lowest BCUT2D eigenvalue weighted by Crippen LogP contribution is -2.42. The molecule has 0 aromatic rings. The first-order chi connectivity index (χ1) is 6.02. The van der Waals surface area contributed by atoms with Gasteiger partial charge in [-0.2, -0.15) is 0 Å². The fourth-order valence-corrected chi connectivity index (χ4v) is 1.38. The van der Waals surface area contributed by atoms with Gasteiger partial charge in [0, 0.05) is 6.42 Å². The lowest BCUT2D eigenvalue weighted by molar-refractivity contribution is -0.127. The summed E-state index contributed by atoms with van der Waals surface area (Å²) in [6, 6.07) is -0.340. The molecule has 4 heteroatoms. The van der Waals surface area contributed by atoms with Crippen molar-refractivity contribution in [2.24, 2.45) is 5.73 Å². The van der Waals surface area contributed by atoms with Crippen LogP contribution in [0.1, 0.15) is 27.2 Å². The van der Waals surface area contributed by atoms with Crippen molar-refractivity contribution in [1.29, 1.82) is 0 Å². The molecule has 0 saturated heterocycles. The number of nitrogens with two attached hydrogens (primary N) is 1. The summed E-state index contributed by atoms with van der Waals surface area (Å²) in [5, 5.41) is 0. The maximum absolute atomic E-state index is 11.2. The van der Waals surface area contributed by atoms with Crippen LogP contribution in [0.3, 0.4) is 0 Å². The van der Waals surface area contributed by atoms with Crippen LogP contribution in [0.2, 0.25) is 0 Å². The van der Waals surface area contributed by atoms with Crippen LogP contribution in [-0.4, -0.2) is 35.7 Å². The summed E-state index contributed by atoms with van der Waals surface area (Å²) in [7, 11) is 0. The molecule has 0 fully saturated rings. The van der Waals surface area contributed by atoms with E-state index in [-0.39, 0.29) is 18.2 Å². The van der Waals surface area contributed by atoms with Crippen LogP contribution in [-0.2, 0) is 9.59 Å². The minimum atomic E-state index is -0.424. The molecule has 0 heterocycles. The van der Waals surface area contributed by atoms with Crippen LogP contribution < -0.4 is 5.73 Å². The predicted octanol–water partition coefficient (Wildman–Crippen LogP) is 0.161. The molecule has 1 atom stereocenters. The molecule has 0 spiro atoms. The summed E-state index contributed by atoms with van der Waals surface area (Å²) >= 11 is 0. The minimum Gasteiger partial charge on any atom is -0.370 e. The van der Waals surface area contributed by atoms with Gasteiger partial charge >= 0.3 is 0 Å². The van der Waals surface area contributed by atoms with Gasteiger partial charge in [0.2, 0.25) is 5.91 Å². The van der Waals surface area contributed by atoms with Crippen LogP contribution in [0.5, 0.6) is 0 Å². The maximum atomic E-state index is 11.2. The molecule has 0 rings (SSSR count). The Balaban J connectivity index is 4.38. The number of amides is 1. The van der Waals surface area contributed by atoms with E-state index in [1.807, 2.05) is 18.7 Å². The van der Waals surface area contributed by atoms with Gasteiger partial charge in [0.15, 0.2) is 0 Å². The number of nitrogens with zero attached hydrogens (tertiary/aromatic N) is 1. The number of carbonyl (C=O) groups excluding carboxylic acids is 2. The van der Waals surface area contributed by atoms with E-state index in [4.69, 9.17) is 5.73 Å². The normalized spacial score (nSPS) is 12.9. The van der Waals surface area contributed by atoms with Crippen LogP contribution in [0.25, 0.3) is 0 Å². The SMILES string of the molecule is CCN(CC)[C@H](CC(N)=O)C(C)=O. The molecule has 0 aliphatic heterocycles. The number of ketones is 1. The Labute approximate surface area is 79.1 Å². The second-order valence-corrected chi connectivity index (χ2v) is 3.02. The monoisotopic (exact) mass is 186 g/mol. The highest BCUT2D eigenvalue weighted by molar-refractivity contribution is 5.87. The van der Waals surface area contributed by atoms with E-state index in [9.17, 15) is 9.59 Å². The smallest absolute Gasteiger partial charge is 0.219 e. The third-order valence-corrected chi connectivity index (χ3v) is 2.12. The molecule has 0 aromatic heterocycles. The summed E-state index contributed by atoms with van der Waals surface area (Å²) in [4.78, 5) is 23.8. The average Bonchev–Trinajstić information content (AvgIpc) is 2.04. The maximum Gasteiger partial charge on any atom is 0.219 e. The summed E-state index contributed by atoms with van der Waals surface area (Å²) in [6.07, 6.45) is 0.122. The van der Waals surface area contributed by atoms with Gasteiger partial charge in [0.25, 0.3) is 0 Å². The number of carbonyl (C=O) groups is 2. The Morgan fingerprint density at radius 3 is 2.00 bits per heavy atom. The largest absolute Gasteiger partial charge is 0.370 e. The number of hydrogen-bond acceptors (Lipinski definition) is 3. The van der Waals surface area contributed by atoms with Crippen molar-refractivity contribution < 1.29 is 9.59 Å². The van der Waals surface area contributed by atoms with Crippen molar-refractivity contribution in [3.05, 3.63) is 0 Å². The first-order valence-electron chi connectivity index (χ1n) is 4.55. The molecule has 2 N–H and O–H groups in total. The lowest BCUT2D eigenvalue weighted by atomic mass is 10.1. The number of hydrogen-bond donors (Lipinski definition) is 1. The van der Waals surface area contributed by atoms with Crippen LogP contribution >= 0.6 is 0 Å². The van der Waals surface area contributed by atoms with Gasteiger partial charge in [-0.3, -0.25) is 14.5 Å². The summed E-state index contributed by atoms with van der Waals surface area (Å²) < 4.78 is 0. The standard InChI is InChI=1S/C9H18N2O2/c1-4-11(5-2)8(7(3)12)6-9(10)13/h8H,4-6H2,1-3H3,(H2,10,13)/t8-/m1/s1. The Bertz CT molecular complexity index is 188. The molecule has 0 bridgehead atoms. The van der Waals surface area contributed by atoms with Gasteiger partial charge in [0.1, 0.15) is 5.78 Å². The highest BCUT2D eigenvalue weighted by atomic mass is 16.1. The Morgan fingerprint density at radius 2 is 1.77 bits per heavy atom. The average molecular weight is 186 g/mol. The Kier molecular flexibility index (Phi) is 5.30. The number of rotatable bonds is 6. The van der Waals surface area contributed by atoms with E-state index in [0.29, 0.717) is 0 Å². The van der Waals surface area contributed by atoms with E-state index >= 15 is 0 Å². The number of Topliss-reactive ketones (excluding diaryl/α,β-unsaturated/α-hetero) is 1. The van der Waals surface area contributed by atoms with E-state index in [2.05, 4.69) is 0 Å². The number of primary amides is 1.